The van der Waals surface area contributed by atoms with Crippen LogP contribution in [-0.2, 0) is 4.74 Å². The fourth-order valence-corrected chi connectivity index (χ4v) is 2.17. The van der Waals surface area contributed by atoms with E-state index < -0.39 is 0 Å². The van der Waals surface area contributed by atoms with Crippen LogP contribution in [0.3, 0.4) is 0 Å². The predicted molar refractivity (Wildman–Crippen MR) is 120 cm³/mol. The maximum absolute atomic E-state index is 12.1. The number of nitrogens with one attached hydrogen (secondary N) is 3. The lowest BCUT2D eigenvalue weighted by molar-refractivity contribution is 0.0954. The largest absolute Gasteiger partial charge is 0.497 e. The average Bonchev–Trinajstić information content (AvgIpc) is 2.68. The van der Waals surface area contributed by atoms with Gasteiger partial charge in [0.05, 0.1) is 7.11 Å². The maximum atomic E-state index is 12.1. The summed E-state index contributed by atoms with van der Waals surface area (Å²) in [5.74, 6) is 1.26. The van der Waals surface area contributed by atoms with Gasteiger partial charge in [-0.2, -0.15) is 0 Å². The van der Waals surface area contributed by atoms with Crippen LogP contribution in [0, 0.1) is 0 Å². The Morgan fingerprint density at radius 1 is 1.07 bits per heavy atom. The first-order chi connectivity index (χ1) is 12.7. The zero-order chi connectivity index (χ0) is 19.0. The SMILES string of the molecule is CCCCOCCCNC(=NC)NCCNC(=O)c1cccc(OC)c1.I. The predicted octanol–water partition coefficient (Wildman–Crippen LogP) is 2.41. The number of guanidine groups is 1. The van der Waals surface area contributed by atoms with Crippen LogP contribution in [0.15, 0.2) is 29.3 Å². The molecule has 0 aliphatic rings. The van der Waals surface area contributed by atoms with Crippen molar-refractivity contribution < 1.29 is 14.3 Å². The molecule has 27 heavy (non-hydrogen) atoms. The van der Waals surface area contributed by atoms with Crippen molar-refractivity contribution in [2.45, 2.75) is 26.2 Å². The number of benzene rings is 1. The lowest BCUT2D eigenvalue weighted by Gasteiger charge is -2.12. The van der Waals surface area contributed by atoms with E-state index >= 15 is 0 Å². The van der Waals surface area contributed by atoms with Crippen molar-refractivity contribution in [2.24, 2.45) is 4.99 Å². The number of nitrogens with zero attached hydrogens (tertiary/aromatic N) is 1. The van der Waals surface area contributed by atoms with Gasteiger partial charge in [0, 0.05) is 45.5 Å². The lowest BCUT2D eigenvalue weighted by Crippen LogP contribution is -2.42. The van der Waals surface area contributed by atoms with Crippen molar-refractivity contribution in [1.29, 1.82) is 0 Å². The standard InChI is InChI=1S/C19H32N4O3.HI/c1-4-5-13-26-14-7-10-22-19(20-2)23-12-11-21-18(24)16-8-6-9-17(15-16)25-3;/h6,8-9,15H,4-5,7,10-14H2,1-3H3,(H,21,24)(H2,20,22,23);1H. The van der Waals surface area contributed by atoms with E-state index in [2.05, 4.69) is 27.9 Å². The van der Waals surface area contributed by atoms with E-state index in [1.54, 1.807) is 32.4 Å². The van der Waals surface area contributed by atoms with Gasteiger partial charge in [0.15, 0.2) is 5.96 Å². The second kappa shape index (κ2) is 16.6. The number of rotatable bonds is 12. The Hall–Kier alpha value is -1.55. The summed E-state index contributed by atoms with van der Waals surface area (Å²) in [4.78, 5) is 16.2. The first-order valence-corrected chi connectivity index (χ1v) is 9.15. The summed E-state index contributed by atoms with van der Waals surface area (Å²) in [6.07, 6.45) is 3.19. The van der Waals surface area contributed by atoms with Crippen molar-refractivity contribution in [3.63, 3.8) is 0 Å². The highest BCUT2D eigenvalue weighted by Gasteiger charge is 2.05. The van der Waals surface area contributed by atoms with Gasteiger partial charge in [-0.3, -0.25) is 9.79 Å². The molecule has 3 N–H and O–H groups in total. The summed E-state index contributed by atoms with van der Waals surface area (Å²) in [5.41, 5.74) is 0.579. The van der Waals surface area contributed by atoms with Crippen LogP contribution in [0.4, 0.5) is 0 Å². The Morgan fingerprint density at radius 2 is 1.78 bits per heavy atom. The molecule has 0 bridgehead atoms. The Kier molecular flexibility index (Phi) is 15.7. The minimum absolute atomic E-state index is 0. The number of aliphatic imine (C=N–C) groups is 1. The van der Waals surface area contributed by atoms with Gasteiger partial charge in [0.2, 0.25) is 0 Å². The molecule has 8 heteroatoms. The number of hydrogen-bond donors (Lipinski definition) is 3. The first kappa shape index (κ1) is 25.4. The number of unbranched alkanes of at least 4 members (excludes halogenated alkanes) is 1. The van der Waals surface area contributed by atoms with Gasteiger partial charge in [-0.1, -0.05) is 19.4 Å². The molecule has 0 spiro atoms. The molecule has 1 rings (SSSR count). The third-order valence-corrected chi connectivity index (χ3v) is 3.66. The number of methoxy groups -OCH3 is 1. The molecule has 7 nitrogen and oxygen atoms in total. The van der Waals surface area contributed by atoms with Gasteiger partial charge in [-0.05, 0) is 31.0 Å². The van der Waals surface area contributed by atoms with Gasteiger partial charge in [-0.25, -0.2) is 0 Å². The van der Waals surface area contributed by atoms with Crippen molar-refractivity contribution in [3.8, 4) is 5.75 Å². The van der Waals surface area contributed by atoms with E-state index in [-0.39, 0.29) is 29.9 Å². The fourth-order valence-electron chi connectivity index (χ4n) is 2.17. The molecule has 0 radical (unpaired) electrons. The highest BCUT2D eigenvalue weighted by atomic mass is 127. The monoisotopic (exact) mass is 492 g/mol. The molecule has 0 fully saturated rings. The number of amides is 1. The molecule has 0 heterocycles. The highest BCUT2D eigenvalue weighted by molar-refractivity contribution is 14.0. The van der Waals surface area contributed by atoms with Gasteiger partial charge >= 0.3 is 0 Å². The van der Waals surface area contributed by atoms with E-state index in [0.717, 1.165) is 39.0 Å². The van der Waals surface area contributed by atoms with E-state index in [4.69, 9.17) is 9.47 Å². The number of halogens is 1. The third-order valence-electron chi connectivity index (χ3n) is 3.66. The van der Waals surface area contributed by atoms with Crippen LogP contribution >= 0.6 is 24.0 Å². The molecule has 0 saturated carbocycles. The second-order valence-corrected chi connectivity index (χ2v) is 5.73. The van der Waals surface area contributed by atoms with Crippen LogP contribution < -0.4 is 20.7 Å². The zero-order valence-electron chi connectivity index (χ0n) is 16.5. The third kappa shape index (κ3) is 11.7. The zero-order valence-corrected chi connectivity index (χ0v) is 18.9. The molecule has 1 aromatic carbocycles. The number of ether oxygens (including phenoxy) is 2. The normalized spacial score (nSPS) is 10.7. The lowest BCUT2D eigenvalue weighted by atomic mass is 10.2. The number of carbonyl (C=O) groups is 1. The molecule has 0 atom stereocenters. The molecule has 0 aromatic heterocycles. The van der Waals surface area contributed by atoms with Crippen LogP contribution in [0.2, 0.25) is 0 Å². The van der Waals surface area contributed by atoms with Crippen molar-refractivity contribution in [1.82, 2.24) is 16.0 Å². The van der Waals surface area contributed by atoms with Gasteiger partial charge in [-0.15, -0.1) is 24.0 Å². The van der Waals surface area contributed by atoms with E-state index in [1.165, 1.54) is 0 Å². The second-order valence-electron chi connectivity index (χ2n) is 5.73. The minimum atomic E-state index is -0.127. The van der Waals surface area contributed by atoms with Crippen molar-refractivity contribution >= 4 is 35.8 Å². The van der Waals surface area contributed by atoms with Crippen molar-refractivity contribution in [2.75, 3.05) is 47.0 Å². The summed E-state index contributed by atoms with van der Waals surface area (Å²) in [6, 6.07) is 7.08. The average molecular weight is 492 g/mol. The number of hydrogen-bond acceptors (Lipinski definition) is 4. The van der Waals surface area contributed by atoms with Crippen LogP contribution in [-0.4, -0.2) is 58.9 Å². The molecule has 0 unspecified atom stereocenters. The maximum Gasteiger partial charge on any atom is 0.251 e. The summed E-state index contributed by atoms with van der Waals surface area (Å²) < 4.78 is 10.6. The minimum Gasteiger partial charge on any atom is -0.497 e. The Labute approximate surface area is 179 Å². The fraction of sp³-hybridized carbons (Fsp3) is 0.579. The Bertz CT molecular complexity index is 556. The van der Waals surface area contributed by atoms with Gasteiger partial charge in [0.25, 0.3) is 5.91 Å². The molecule has 0 aliphatic heterocycles. The Balaban J connectivity index is 0.00000676. The van der Waals surface area contributed by atoms with E-state index in [9.17, 15) is 4.79 Å². The summed E-state index contributed by atoms with van der Waals surface area (Å²) in [7, 11) is 3.30. The highest BCUT2D eigenvalue weighted by Crippen LogP contribution is 2.12. The number of carbonyl (C=O) groups excluding carboxylic acids is 1. The van der Waals surface area contributed by atoms with E-state index in [0.29, 0.717) is 30.4 Å². The first-order valence-electron chi connectivity index (χ1n) is 9.15. The molecule has 154 valence electrons. The smallest absolute Gasteiger partial charge is 0.251 e. The molecule has 1 aromatic rings. The summed E-state index contributed by atoms with van der Waals surface area (Å²) in [5, 5.41) is 9.26. The molecule has 1 amide bonds. The summed E-state index contributed by atoms with van der Waals surface area (Å²) in [6.45, 7) is 5.61. The van der Waals surface area contributed by atoms with Crippen LogP contribution in [0.5, 0.6) is 5.75 Å². The van der Waals surface area contributed by atoms with E-state index in [1.807, 2.05) is 6.07 Å². The topological polar surface area (TPSA) is 84.0 Å². The molecular formula is C19H33IN4O3. The van der Waals surface area contributed by atoms with Gasteiger partial charge < -0.3 is 25.4 Å². The Morgan fingerprint density at radius 3 is 2.48 bits per heavy atom. The molecular weight excluding hydrogens is 459 g/mol. The molecule has 0 aliphatic carbocycles. The van der Waals surface area contributed by atoms with Gasteiger partial charge in [0.1, 0.15) is 5.75 Å². The van der Waals surface area contributed by atoms with Crippen LogP contribution in [0.25, 0.3) is 0 Å². The van der Waals surface area contributed by atoms with Crippen LogP contribution in [0.1, 0.15) is 36.5 Å². The van der Waals surface area contributed by atoms with Crippen molar-refractivity contribution in [3.05, 3.63) is 29.8 Å². The molecule has 0 saturated heterocycles. The summed E-state index contributed by atoms with van der Waals surface area (Å²) >= 11 is 0. The quantitative estimate of drug-likeness (QED) is 0.181.